The van der Waals surface area contributed by atoms with Gasteiger partial charge in [0.1, 0.15) is 11.5 Å². The molecule has 2 aromatic carbocycles. The number of amides is 2. The number of hydrogen-bond donors (Lipinski definition) is 1. The molecule has 0 unspecified atom stereocenters. The second kappa shape index (κ2) is 9.07. The van der Waals surface area contributed by atoms with Gasteiger partial charge >= 0.3 is 0 Å². The summed E-state index contributed by atoms with van der Waals surface area (Å²) >= 11 is 0. The van der Waals surface area contributed by atoms with Crippen molar-refractivity contribution in [2.45, 2.75) is 20.8 Å². The number of rotatable bonds is 7. The molecule has 0 spiro atoms. The van der Waals surface area contributed by atoms with E-state index in [0.29, 0.717) is 30.2 Å². The molecule has 0 aromatic heterocycles. The van der Waals surface area contributed by atoms with Gasteiger partial charge in [0, 0.05) is 37.3 Å². The van der Waals surface area contributed by atoms with Crippen molar-refractivity contribution < 1.29 is 19.1 Å². The number of carbonyl (C=O) groups is 2. The van der Waals surface area contributed by atoms with Gasteiger partial charge in [-0.25, -0.2) is 0 Å². The summed E-state index contributed by atoms with van der Waals surface area (Å²) in [4.78, 5) is 26.2. The number of nitrogens with zero attached hydrogens (tertiary/aromatic N) is 1. The number of aryl methyl sites for hydroxylation is 1. The van der Waals surface area contributed by atoms with Gasteiger partial charge in [0.15, 0.2) is 0 Å². The highest BCUT2D eigenvalue weighted by atomic mass is 16.5. The molecule has 27 heavy (non-hydrogen) atoms. The summed E-state index contributed by atoms with van der Waals surface area (Å²) in [6, 6.07) is 10.8. The molecule has 2 rings (SSSR count). The van der Waals surface area contributed by atoms with Crippen LogP contribution in [-0.2, 0) is 4.79 Å². The zero-order valence-electron chi connectivity index (χ0n) is 16.5. The van der Waals surface area contributed by atoms with Gasteiger partial charge in [0.05, 0.1) is 14.2 Å². The van der Waals surface area contributed by atoms with Crippen molar-refractivity contribution in [2.75, 3.05) is 32.2 Å². The lowest BCUT2D eigenvalue weighted by Gasteiger charge is -2.24. The molecule has 6 heteroatoms. The Hall–Kier alpha value is -3.02. The second-order valence-electron chi connectivity index (χ2n) is 6.25. The first-order valence-electron chi connectivity index (χ1n) is 8.73. The number of nitrogens with one attached hydrogen (secondary N) is 1. The Labute approximate surface area is 160 Å². The third kappa shape index (κ3) is 5.00. The maximum absolute atomic E-state index is 12.5. The van der Waals surface area contributed by atoms with Crippen LogP contribution >= 0.6 is 0 Å². The van der Waals surface area contributed by atoms with Gasteiger partial charge in [-0.1, -0.05) is 12.1 Å². The average molecular weight is 370 g/mol. The maximum atomic E-state index is 12.5. The van der Waals surface area contributed by atoms with E-state index in [4.69, 9.17) is 9.47 Å². The van der Waals surface area contributed by atoms with Crippen LogP contribution in [0.3, 0.4) is 0 Å². The summed E-state index contributed by atoms with van der Waals surface area (Å²) in [5.41, 5.74) is 3.47. The molecule has 144 valence electrons. The Kier molecular flexibility index (Phi) is 6.82. The fourth-order valence-corrected chi connectivity index (χ4v) is 2.80. The number of anilines is 1. The molecule has 0 radical (unpaired) electrons. The lowest BCUT2D eigenvalue weighted by molar-refractivity contribution is -0.116. The number of carbonyl (C=O) groups excluding carboxylic acids is 2. The molecule has 6 nitrogen and oxygen atoms in total. The van der Waals surface area contributed by atoms with Crippen LogP contribution in [0, 0.1) is 13.8 Å². The summed E-state index contributed by atoms with van der Waals surface area (Å²) in [5, 5.41) is 2.85. The fraction of sp³-hybridized carbons (Fsp3) is 0.333. The number of hydrogen-bond acceptors (Lipinski definition) is 4. The standard InChI is InChI=1S/C21H26N2O4/c1-14-7-6-8-20(15(14)2)23(16(3)24)10-9-22-21(25)17-11-18(26-4)13-19(12-17)27-5/h6-8,11-13H,9-10H2,1-5H3,(H,22,25). The van der Waals surface area contributed by atoms with E-state index in [2.05, 4.69) is 5.32 Å². The normalized spacial score (nSPS) is 10.3. The summed E-state index contributed by atoms with van der Waals surface area (Å²) in [6.07, 6.45) is 0. The van der Waals surface area contributed by atoms with Crippen LogP contribution in [0.5, 0.6) is 11.5 Å². The lowest BCUT2D eigenvalue weighted by atomic mass is 10.1. The second-order valence-corrected chi connectivity index (χ2v) is 6.25. The van der Waals surface area contributed by atoms with Crippen LogP contribution in [0.15, 0.2) is 36.4 Å². The fourth-order valence-electron chi connectivity index (χ4n) is 2.80. The Balaban J connectivity index is 2.08. The highest BCUT2D eigenvalue weighted by Gasteiger charge is 2.15. The third-order valence-electron chi connectivity index (χ3n) is 4.48. The van der Waals surface area contributed by atoms with E-state index in [1.807, 2.05) is 32.0 Å². The minimum Gasteiger partial charge on any atom is -0.497 e. The van der Waals surface area contributed by atoms with Crippen molar-refractivity contribution in [3.63, 3.8) is 0 Å². The first kappa shape index (κ1) is 20.3. The van der Waals surface area contributed by atoms with Crippen molar-refractivity contribution in [1.29, 1.82) is 0 Å². The number of methoxy groups -OCH3 is 2. The summed E-state index contributed by atoms with van der Waals surface area (Å²) in [7, 11) is 3.07. The van der Waals surface area contributed by atoms with E-state index < -0.39 is 0 Å². The Morgan fingerprint density at radius 3 is 2.22 bits per heavy atom. The van der Waals surface area contributed by atoms with E-state index in [-0.39, 0.29) is 11.8 Å². The zero-order valence-corrected chi connectivity index (χ0v) is 16.5. The predicted octanol–water partition coefficient (Wildman–Crippen LogP) is 3.10. The van der Waals surface area contributed by atoms with Crippen LogP contribution in [0.2, 0.25) is 0 Å². The zero-order chi connectivity index (χ0) is 20.0. The van der Waals surface area contributed by atoms with Crippen LogP contribution < -0.4 is 19.7 Å². The van der Waals surface area contributed by atoms with Gasteiger partial charge in [0.2, 0.25) is 5.91 Å². The molecule has 1 N–H and O–H groups in total. The smallest absolute Gasteiger partial charge is 0.251 e. The monoisotopic (exact) mass is 370 g/mol. The first-order valence-corrected chi connectivity index (χ1v) is 8.73. The Morgan fingerprint density at radius 1 is 1.04 bits per heavy atom. The van der Waals surface area contributed by atoms with Crippen LogP contribution in [0.1, 0.15) is 28.4 Å². The quantitative estimate of drug-likeness (QED) is 0.813. The van der Waals surface area contributed by atoms with Gasteiger partial charge in [-0.2, -0.15) is 0 Å². The van der Waals surface area contributed by atoms with Crippen molar-refractivity contribution in [2.24, 2.45) is 0 Å². The molecule has 0 fully saturated rings. The van der Waals surface area contributed by atoms with Gasteiger partial charge in [0.25, 0.3) is 5.91 Å². The van der Waals surface area contributed by atoms with Gasteiger partial charge in [-0.3, -0.25) is 9.59 Å². The largest absolute Gasteiger partial charge is 0.497 e. The molecule has 0 saturated heterocycles. The van der Waals surface area contributed by atoms with Crippen molar-refractivity contribution in [1.82, 2.24) is 5.32 Å². The SMILES string of the molecule is COc1cc(OC)cc(C(=O)NCCN(C(C)=O)c2cccc(C)c2C)c1. The topological polar surface area (TPSA) is 67.9 Å². The molecule has 0 aliphatic heterocycles. The van der Waals surface area contributed by atoms with Crippen molar-refractivity contribution >= 4 is 17.5 Å². The minimum absolute atomic E-state index is 0.0685. The summed E-state index contributed by atoms with van der Waals surface area (Å²) in [6.45, 7) is 6.23. The number of ether oxygens (including phenoxy) is 2. The Bertz CT molecular complexity index is 811. The predicted molar refractivity (Wildman–Crippen MR) is 106 cm³/mol. The molecule has 0 heterocycles. The van der Waals surface area contributed by atoms with E-state index in [1.165, 1.54) is 21.1 Å². The molecular formula is C21H26N2O4. The van der Waals surface area contributed by atoms with E-state index >= 15 is 0 Å². The van der Waals surface area contributed by atoms with E-state index in [0.717, 1.165) is 16.8 Å². The van der Waals surface area contributed by atoms with E-state index in [9.17, 15) is 9.59 Å². The molecule has 0 bridgehead atoms. The maximum Gasteiger partial charge on any atom is 0.251 e. The third-order valence-corrected chi connectivity index (χ3v) is 4.48. The first-order chi connectivity index (χ1) is 12.9. The molecular weight excluding hydrogens is 344 g/mol. The minimum atomic E-state index is -0.253. The van der Waals surface area contributed by atoms with Crippen molar-refractivity contribution in [3.8, 4) is 11.5 Å². The molecule has 0 aliphatic rings. The van der Waals surface area contributed by atoms with Crippen LogP contribution in [-0.4, -0.2) is 39.1 Å². The molecule has 2 aromatic rings. The highest BCUT2D eigenvalue weighted by Crippen LogP contribution is 2.23. The highest BCUT2D eigenvalue weighted by molar-refractivity contribution is 5.95. The lowest BCUT2D eigenvalue weighted by Crippen LogP contribution is -2.38. The van der Waals surface area contributed by atoms with Gasteiger partial charge in [-0.05, 0) is 43.2 Å². The molecule has 0 atom stereocenters. The van der Waals surface area contributed by atoms with Crippen LogP contribution in [0.25, 0.3) is 0 Å². The van der Waals surface area contributed by atoms with Gasteiger partial charge in [-0.15, -0.1) is 0 Å². The number of benzene rings is 2. The summed E-state index contributed by atoms with van der Waals surface area (Å²) in [5.74, 6) is 0.762. The molecule has 0 aliphatic carbocycles. The van der Waals surface area contributed by atoms with E-state index in [1.54, 1.807) is 23.1 Å². The Morgan fingerprint density at radius 2 is 1.67 bits per heavy atom. The summed E-state index contributed by atoms with van der Waals surface area (Å²) < 4.78 is 10.4. The van der Waals surface area contributed by atoms with Crippen LogP contribution in [0.4, 0.5) is 5.69 Å². The average Bonchev–Trinajstić information content (AvgIpc) is 2.66. The van der Waals surface area contributed by atoms with Crippen molar-refractivity contribution in [3.05, 3.63) is 53.1 Å². The molecule has 0 saturated carbocycles. The molecule has 2 amide bonds. The van der Waals surface area contributed by atoms with Gasteiger partial charge < -0.3 is 19.7 Å².